The fraction of sp³-hybridized carbons (Fsp3) is 0.381. The van der Waals surface area contributed by atoms with E-state index in [1.807, 2.05) is 48.5 Å². The normalized spacial score (nSPS) is 15.7. The third-order valence-electron chi connectivity index (χ3n) is 5.26. The molecule has 4 rings (SSSR count). The Hall–Kier alpha value is -2.93. The Kier molecular flexibility index (Phi) is 5.53. The van der Waals surface area contributed by atoms with Gasteiger partial charge in [0.1, 0.15) is 0 Å². The molecule has 1 saturated heterocycles. The highest BCUT2D eigenvalue weighted by molar-refractivity contribution is 5.76. The molecule has 1 fully saturated rings. The van der Waals surface area contributed by atoms with Crippen LogP contribution in [0.2, 0.25) is 0 Å². The van der Waals surface area contributed by atoms with Gasteiger partial charge in [0, 0.05) is 31.7 Å². The zero-order chi connectivity index (χ0) is 19.3. The van der Waals surface area contributed by atoms with Gasteiger partial charge in [-0.1, -0.05) is 36.4 Å². The van der Waals surface area contributed by atoms with E-state index in [4.69, 9.17) is 0 Å². The Morgan fingerprint density at radius 3 is 2.57 bits per heavy atom. The molecule has 0 bridgehead atoms. The first kappa shape index (κ1) is 18.4. The number of fused-ring (bicyclic) bond motifs is 1. The van der Waals surface area contributed by atoms with Gasteiger partial charge in [-0.3, -0.25) is 14.1 Å². The lowest BCUT2D eigenvalue weighted by Gasteiger charge is -2.31. The lowest BCUT2D eigenvalue weighted by atomic mass is 10.0. The number of aryl methyl sites for hydroxylation is 1. The first-order chi connectivity index (χ1) is 13.7. The number of hydrogen-bond acceptors (Lipinski definition) is 4. The van der Waals surface area contributed by atoms with E-state index >= 15 is 0 Å². The first-order valence-electron chi connectivity index (χ1n) is 9.79. The lowest BCUT2D eigenvalue weighted by Crippen LogP contribution is -2.46. The molecule has 0 atom stereocenters. The van der Waals surface area contributed by atoms with Gasteiger partial charge in [-0.25, -0.2) is 4.79 Å². The summed E-state index contributed by atoms with van der Waals surface area (Å²) in [5.41, 5.74) is 1.73. The molecule has 0 radical (unpaired) electrons. The van der Waals surface area contributed by atoms with Crippen LogP contribution in [0.15, 0.2) is 59.5 Å². The maximum absolute atomic E-state index is 12.4. The lowest BCUT2D eigenvalue weighted by molar-refractivity contribution is -0.122. The maximum atomic E-state index is 12.4. The summed E-state index contributed by atoms with van der Waals surface area (Å²) in [6, 6.07) is 15.8. The molecule has 1 aliphatic heterocycles. The number of rotatable bonds is 6. The number of hydrogen-bond donors (Lipinski definition) is 1. The number of piperidine rings is 1. The van der Waals surface area contributed by atoms with Gasteiger partial charge in [0.05, 0.1) is 6.67 Å². The minimum absolute atomic E-state index is 0.110. The summed E-state index contributed by atoms with van der Waals surface area (Å²) < 4.78 is 3.06. The molecule has 1 aromatic carbocycles. The number of pyridine rings is 1. The minimum Gasteiger partial charge on any atom is -0.353 e. The number of nitrogens with zero attached hydrogens (tertiary/aromatic N) is 4. The molecule has 0 spiro atoms. The van der Waals surface area contributed by atoms with E-state index in [1.54, 1.807) is 10.6 Å². The maximum Gasteiger partial charge on any atom is 0.351 e. The molecule has 28 heavy (non-hydrogen) atoms. The largest absolute Gasteiger partial charge is 0.353 e. The van der Waals surface area contributed by atoms with Gasteiger partial charge in [-0.2, -0.15) is 4.68 Å². The predicted octanol–water partition coefficient (Wildman–Crippen LogP) is 1.67. The molecule has 0 aliphatic carbocycles. The van der Waals surface area contributed by atoms with Crippen molar-refractivity contribution in [1.29, 1.82) is 0 Å². The first-order valence-corrected chi connectivity index (χ1v) is 9.79. The zero-order valence-corrected chi connectivity index (χ0v) is 15.8. The number of carbonyl (C=O) groups is 1. The summed E-state index contributed by atoms with van der Waals surface area (Å²) in [4.78, 5) is 26.8. The molecule has 0 unspecified atom stereocenters. The fourth-order valence-electron chi connectivity index (χ4n) is 3.67. The highest BCUT2D eigenvalue weighted by Gasteiger charge is 2.21. The Morgan fingerprint density at radius 2 is 1.82 bits per heavy atom. The second kappa shape index (κ2) is 8.39. The number of likely N-dealkylation sites (tertiary alicyclic amines) is 1. The fourth-order valence-corrected chi connectivity index (χ4v) is 3.67. The quantitative estimate of drug-likeness (QED) is 0.707. The number of nitrogens with one attached hydrogen (secondary N) is 1. The van der Waals surface area contributed by atoms with Crippen LogP contribution in [0.3, 0.4) is 0 Å². The van der Waals surface area contributed by atoms with E-state index in [2.05, 4.69) is 15.3 Å². The third kappa shape index (κ3) is 4.31. The van der Waals surface area contributed by atoms with Gasteiger partial charge in [0.2, 0.25) is 5.91 Å². The average molecular weight is 379 g/mol. The van der Waals surface area contributed by atoms with Gasteiger partial charge in [-0.15, -0.1) is 5.10 Å². The molecule has 1 aliphatic rings. The van der Waals surface area contributed by atoms with E-state index < -0.39 is 0 Å². The van der Waals surface area contributed by atoms with E-state index in [0.717, 1.165) is 32.4 Å². The van der Waals surface area contributed by atoms with Gasteiger partial charge >= 0.3 is 5.69 Å². The molecular formula is C21H25N5O2. The van der Waals surface area contributed by atoms with E-state index in [0.29, 0.717) is 18.7 Å². The zero-order valence-electron chi connectivity index (χ0n) is 15.8. The molecule has 0 saturated carbocycles. The monoisotopic (exact) mass is 379 g/mol. The van der Waals surface area contributed by atoms with Crippen molar-refractivity contribution in [3.05, 3.63) is 70.8 Å². The van der Waals surface area contributed by atoms with Crippen LogP contribution in [0, 0.1) is 0 Å². The summed E-state index contributed by atoms with van der Waals surface area (Å²) in [5, 5.41) is 7.54. The molecule has 146 valence electrons. The van der Waals surface area contributed by atoms with Gasteiger partial charge in [-0.05, 0) is 37.0 Å². The third-order valence-corrected chi connectivity index (χ3v) is 5.26. The molecular weight excluding hydrogens is 354 g/mol. The summed E-state index contributed by atoms with van der Waals surface area (Å²) in [7, 11) is 0. The predicted molar refractivity (Wildman–Crippen MR) is 107 cm³/mol. The van der Waals surface area contributed by atoms with Crippen LogP contribution < -0.4 is 11.0 Å². The topological polar surface area (TPSA) is 71.6 Å². The van der Waals surface area contributed by atoms with Crippen molar-refractivity contribution in [2.24, 2.45) is 0 Å². The summed E-state index contributed by atoms with van der Waals surface area (Å²) in [6.07, 6.45) is 4.79. The van der Waals surface area contributed by atoms with Crippen molar-refractivity contribution in [3.8, 4) is 0 Å². The highest BCUT2D eigenvalue weighted by atomic mass is 16.2. The van der Waals surface area contributed by atoms with Crippen LogP contribution in [0.5, 0.6) is 0 Å². The van der Waals surface area contributed by atoms with Crippen molar-refractivity contribution in [2.45, 2.75) is 38.4 Å². The summed E-state index contributed by atoms with van der Waals surface area (Å²) >= 11 is 0. The van der Waals surface area contributed by atoms with Crippen molar-refractivity contribution < 1.29 is 4.79 Å². The van der Waals surface area contributed by atoms with Crippen LogP contribution in [0.1, 0.15) is 24.8 Å². The molecule has 2 aromatic heterocycles. The molecule has 7 heteroatoms. The van der Waals surface area contributed by atoms with Crippen LogP contribution in [-0.4, -0.2) is 44.1 Å². The van der Waals surface area contributed by atoms with Crippen molar-refractivity contribution >= 4 is 11.6 Å². The van der Waals surface area contributed by atoms with E-state index in [-0.39, 0.29) is 17.6 Å². The Balaban J connectivity index is 1.24. The van der Waals surface area contributed by atoms with E-state index in [1.165, 1.54) is 10.2 Å². The Bertz CT molecular complexity index is 987. The van der Waals surface area contributed by atoms with Crippen LogP contribution in [-0.2, 0) is 17.9 Å². The van der Waals surface area contributed by atoms with Crippen LogP contribution >= 0.6 is 0 Å². The molecule has 7 nitrogen and oxygen atoms in total. The van der Waals surface area contributed by atoms with Crippen LogP contribution in [0.4, 0.5) is 0 Å². The summed E-state index contributed by atoms with van der Waals surface area (Å²) in [5.74, 6) is 0.110. The van der Waals surface area contributed by atoms with E-state index in [9.17, 15) is 9.59 Å². The molecule has 1 amide bonds. The van der Waals surface area contributed by atoms with Gasteiger partial charge < -0.3 is 5.32 Å². The number of aromatic nitrogens is 3. The molecule has 3 aromatic rings. The summed E-state index contributed by atoms with van der Waals surface area (Å²) in [6.45, 7) is 2.16. The van der Waals surface area contributed by atoms with Gasteiger partial charge in [0.15, 0.2) is 5.65 Å². The van der Waals surface area contributed by atoms with Crippen LogP contribution in [0.25, 0.3) is 5.65 Å². The number of benzene rings is 1. The molecule has 3 heterocycles. The van der Waals surface area contributed by atoms with Gasteiger partial charge in [0.25, 0.3) is 0 Å². The second-order valence-corrected chi connectivity index (χ2v) is 7.30. The molecule has 1 N–H and O–H groups in total. The average Bonchev–Trinajstić information content (AvgIpc) is 3.04. The SMILES string of the molecule is O=C(CCc1ccccc1)NC1CCN(Cn2nc3ccccn3c2=O)CC1. The van der Waals surface area contributed by atoms with Crippen molar-refractivity contribution in [1.82, 2.24) is 24.4 Å². The Labute approximate surface area is 163 Å². The van der Waals surface area contributed by atoms with Crippen molar-refractivity contribution in [2.75, 3.05) is 13.1 Å². The second-order valence-electron chi connectivity index (χ2n) is 7.30. The standard InChI is InChI=1S/C21H25N5O2/c27-20(10-9-17-6-2-1-3-7-17)22-18-11-14-24(15-12-18)16-26-21(28)25-13-5-4-8-19(25)23-26/h1-8,13,18H,9-12,14-16H2,(H,22,27). The minimum atomic E-state index is -0.119. The Morgan fingerprint density at radius 1 is 1.07 bits per heavy atom. The number of carbonyl (C=O) groups excluding carboxylic acids is 1. The number of amides is 1. The van der Waals surface area contributed by atoms with Crippen molar-refractivity contribution in [3.63, 3.8) is 0 Å². The highest BCUT2D eigenvalue weighted by Crippen LogP contribution is 2.12. The smallest absolute Gasteiger partial charge is 0.351 e.